The number of halogens is 2. The van der Waals surface area contributed by atoms with Gasteiger partial charge in [-0.2, -0.15) is 0 Å². The number of rotatable bonds is 5. The minimum atomic E-state index is -0.133. The van der Waals surface area contributed by atoms with Crippen LogP contribution in [0.5, 0.6) is 0 Å². The molecule has 92 valence electrons. The van der Waals surface area contributed by atoms with Crippen LogP contribution < -0.4 is 10.6 Å². The number of hydrogen-bond acceptors (Lipinski definition) is 2. The Morgan fingerprint density at radius 2 is 2.31 bits per heavy atom. The molecule has 0 saturated carbocycles. The van der Waals surface area contributed by atoms with Gasteiger partial charge in [0.15, 0.2) is 0 Å². The molecule has 0 radical (unpaired) electrons. The third-order valence-corrected chi connectivity index (χ3v) is 2.23. The second kappa shape index (κ2) is 7.54. The van der Waals surface area contributed by atoms with Crippen LogP contribution in [0.2, 0.25) is 5.02 Å². The van der Waals surface area contributed by atoms with Gasteiger partial charge >= 0.3 is 0 Å². The van der Waals surface area contributed by atoms with Gasteiger partial charge < -0.3 is 15.6 Å². The average Bonchev–Trinajstić information content (AvgIpc) is 2.62. The molecule has 6 heteroatoms. The van der Waals surface area contributed by atoms with Crippen LogP contribution in [0.1, 0.15) is 24.3 Å². The molecule has 0 aliphatic rings. The first kappa shape index (κ1) is 15.3. The second-order valence-corrected chi connectivity index (χ2v) is 3.84. The first-order valence-corrected chi connectivity index (χ1v) is 5.36. The summed E-state index contributed by atoms with van der Waals surface area (Å²) < 4.78 is 0. The number of aromatic nitrogens is 1. The van der Waals surface area contributed by atoms with E-state index in [9.17, 15) is 4.79 Å². The number of likely N-dealkylation sites (N-methyl/N-ethyl adjacent to an activating group) is 1. The fourth-order valence-corrected chi connectivity index (χ4v) is 1.42. The molecule has 1 heterocycles. The van der Waals surface area contributed by atoms with E-state index in [-0.39, 0.29) is 24.4 Å². The van der Waals surface area contributed by atoms with E-state index in [1.54, 1.807) is 12.3 Å². The molecule has 3 N–H and O–H groups in total. The normalized spacial score (nSPS) is 11.7. The molecule has 16 heavy (non-hydrogen) atoms. The predicted octanol–water partition coefficient (Wildman–Crippen LogP) is 1.82. The van der Waals surface area contributed by atoms with Crippen LogP contribution in [0, 0.1) is 0 Å². The Hall–Kier alpha value is -0.710. The molecule has 0 bridgehead atoms. The maximum Gasteiger partial charge on any atom is 0.267 e. The maximum atomic E-state index is 11.5. The Bertz CT molecular complexity index is 328. The van der Waals surface area contributed by atoms with Gasteiger partial charge in [-0.3, -0.25) is 4.79 Å². The third kappa shape index (κ3) is 4.88. The van der Waals surface area contributed by atoms with Crippen LogP contribution in [-0.2, 0) is 0 Å². The van der Waals surface area contributed by atoms with Crippen molar-refractivity contribution in [2.45, 2.75) is 19.9 Å². The summed E-state index contributed by atoms with van der Waals surface area (Å²) in [7, 11) is 0. The zero-order valence-electron chi connectivity index (χ0n) is 9.34. The van der Waals surface area contributed by atoms with Gasteiger partial charge in [0, 0.05) is 18.8 Å². The quantitative estimate of drug-likeness (QED) is 0.761. The molecule has 0 unspecified atom stereocenters. The molecule has 1 aromatic heterocycles. The molecule has 0 spiro atoms. The molecule has 0 aromatic carbocycles. The molecule has 0 fully saturated rings. The van der Waals surface area contributed by atoms with Crippen LogP contribution in [0.25, 0.3) is 0 Å². The van der Waals surface area contributed by atoms with Gasteiger partial charge in [-0.1, -0.05) is 18.5 Å². The van der Waals surface area contributed by atoms with E-state index in [4.69, 9.17) is 11.6 Å². The van der Waals surface area contributed by atoms with Crippen molar-refractivity contribution in [3.63, 3.8) is 0 Å². The Kier molecular flexibility index (Phi) is 7.21. The molecule has 0 saturated heterocycles. The van der Waals surface area contributed by atoms with Crippen molar-refractivity contribution in [3.8, 4) is 0 Å². The van der Waals surface area contributed by atoms with Gasteiger partial charge in [-0.25, -0.2) is 0 Å². The van der Waals surface area contributed by atoms with Crippen molar-refractivity contribution in [1.29, 1.82) is 0 Å². The van der Waals surface area contributed by atoms with E-state index in [1.165, 1.54) is 0 Å². The van der Waals surface area contributed by atoms with E-state index in [1.807, 2.05) is 13.8 Å². The Morgan fingerprint density at radius 3 is 2.81 bits per heavy atom. The first-order valence-electron chi connectivity index (χ1n) is 4.99. The number of H-pyrrole nitrogens is 1. The lowest BCUT2D eigenvalue weighted by Gasteiger charge is -2.12. The highest BCUT2D eigenvalue weighted by molar-refractivity contribution is 6.30. The maximum absolute atomic E-state index is 11.5. The molecule has 1 amide bonds. The smallest absolute Gasteiger partial charge is 0.267 e. The summed E-state index contributed by atoms with van der Waals surface area (Å²) >= 11 is 5.69. The van der Waals surface area contributed by atoms with Crippen molar-refractivity contribution >= 4 is 29.9 Å². The topological polar surface area (TPSA) is 56.9 Å². The highest BCUT2D eigenvalue weighted by Crippen LogP contribution is 2.08. The number of nitrogens with one attached hydrogen (secondary N) is 3. The highest BCUT2D eigenvalue weighted by Gasteiger charge is 2.08. The Balaban J connectivity index is 0.00000225. The molecule has 4 nitrogen and oxygen atoms in total. The highest BCUT2D eigenvalue weighted by atomic mass is 35.5. The van der Waals surface area contributed by atoms with Gasteiger partial charge in [0.1, 0.15) is 5.69 Å². The fraction of sp³-hybridized carbons (Fsp3) is 0.500. The molecular formula is C10H17Cl2N3O. The number of aromatic amines is 1. The molecule has 0 aliphatic heterocycles. The van der Waals surface area contributed by atoms with Crippen LogP contribution in [0.4, 0.5) is 0 Å². The lowest BCUT2D eigenvalue weighted by molar-refractivity contribution is 0.0946. The third-order valence-electron chi connectivity index (χ3n) is 2.01. The van der Waals surface area contributed by atoms with E-state index in [2.05, 4.69) is 15.6 Å². The summed E-state index contributed by atoms with van der Waals surface area (Å²) in [6.07, 6.45) is 1.59. The number of hydrogen-bond donors (Lipinski definition) is 3. The van der Waals surface area contributed by atoms with Crippen LogP contribution in [0.3, 0.4) is 0 Å². The summed E-state index contributed by atoms with van der Waals surface area (Å²) in [5.74, 6) is -0.133. The molecule has 1 rings (SSSR count). The fourth-order valence-electron chi connectivity index (χ4n) is 1.26. The minimum absolute atomic E-state index is 0. The largest absolute Gasteiger partial charge is 0.356 e. The van der Waals surface area contributed by atoms with Crippen LogP contribution in [0.15, 0.2) is 12.3 Å². The molecule has 1 aromatic rings. The Morgan fingerprint density at radius 1 is 1.62 bits per heavy atom. The van der Waals surface area contributed by atoms with Crippen LogP contribution >= 0.6 is 24.0 Å². The van der Waals surface area contributed by atoms with Gasteiger partial charge in [0.05, 0.1) is 5.02 Å². The SMILES string of the molecule is CCN[C@H](C)CNC(=O)c1cc(Cl)c[nH]1.Cl. The van der Waals surface area contributed by atoms with E-state index >= 15 is 0 Å². The van der Waals surface area contributed by atoms with E-state index in [0.717, 1.165) is 6.54 Å². The van der Waals surface area contributed by atoms with Gasteiger partial charge in [-0.05, 0) is 19.5 Å². The van der Waals surface area contributed by atoms with Gasteiger partial charge in [-0.15, -0.1) is 12.4 Å². The average molecular weight is 266 g/mol. The van der Waals surface area contributed by atoms with Crippen molar-refractivity contribution in [2.75, 3.05) is 13.1 Å². The van der Waals surface area contributed by atoms with E-state index in [0.29, 0.717) is 17.3 Å². The number of carbonyl (C=O) groups is 1. The lowest BCUT2D eigenvalue weighted by Crippen LogP contribution is -2.38. The van der Waals surface area contributed by atoms with Crippen molar-refractivity contribution < 1.29 is 4.79 Å². The number of carbonyl (C=O) groups excluding carboxylic acids is 1. The van der Waals surface area contributed by atoms with E-state index < -0.39 is 0 Å². The first-order chi connectivity index (χ1) is 7.13. The van der Waals surface area contributed by atoms with Crippen molar-refractivity contribution in [1.82, 2.24) is 15.6 Å². The Labute approximate surface area is 107 Å². The standard InChI is InChI=1S/C10H16ClN3O.ClH/c1-3-12-7(2)5-14-10(15)9-4-8(11)6-13-9;/h4,6-7,12-13H,3,5H2,1-2H3,(H,14,15);1H/t7-;/m1./s1. The summed E-state index contributed by atoms with van der Waals surface area (Å²) in [5, 5.41) is 6.55. The molecule has 0 aliphatic carbocycles. The van der Waals surface area contributed by atoms with Gasteiger partial charge in [0.25, 0.3) is 5.91 Å². The zero-order chi connectivity index (χ0) is 11.3. The summed E-state index contributed by atoms with van der Waals surface area (Å²) in [4.78, 5) is 14.3. The lowest BCUT2D eigenvalue weighted by atomic mass is 10.3. The summed E-state index contributed by atoms with van der Waals surface area (Å²) in [6.45, 7) is 5.54. The van der Waals surface area contributed by atoms with Crippen LogP contribution in [-0.4, -0.2) is 30.0 Å². The predicted molar refractivity (Wildman–Crippen MR) is 68.5 cm³/mol. The second-order valence-electron chi connectivity index (χ2n) is 3.40. The van der Waals surface area contributed by atoms with Crippen molar-refractivity contribution in [3.05, 3.63) is 23.0 Å². The summed E-state index contributed by atoms with van der Waals surface area (Å²) in [6, 6.07) is 1.87. The monoisotopic (exact) mass is 265 g/mol. The van der Waals surface area contributed by atoms with Crippen molar-refractivity contribution in [2.24, 2.45) is 0 Å². The number of amides is 1. The van der Waals surface area contributed by atoms with Gasteiger partial charge in [0.2, 0.25) is 0 Å². The molecular weight excluding hydrogens is 249 g/mol. The zero-order valence-corrected chi connectivity index (χ0v) is 10.9. The minimum Gasteiger partial charge on any atom is -0.356 e. The molecule has 1 atom stereocenters. The summed E-state index contributed by atoms with van der Waals surface area (Å²) in [5.41, 5.74) is 0.490.